The molecule has 1 aliphatic heterocycles. The molecule has 24 heavy (non-hydrogen) atoms. The number of halogens is 4. The highest BCUT2D eigenvalue weighted by Gasteiger charge is 2.33. The van der Waals surface area contributed by atoms with Crippen LogP contribution in [0.4, 0.5) is 13.2 Å². The molecule has 1 saturated heterocycles. The van der Waals surface area contributed by atoms with Crippen LogP contribution in [0.25, 0.3) is 0 Å². The largest absolute Gasteiger partial charge is 0.446 e. The van der Waals surface area contributed by atoms with E-state index < -0.39 is 5.51 Å². The van der Waals surface area contributed by atoms with Gasteiger partial charge in [0.15, 0.2) is 0 Å². The molecule has 0 bridgehead atoms. The maximum absolute atomic E-state index is 12.9. The summed E-state index contributed by atoms with van der Waals surface area (Å²) in [6.45, 7) is 3.36. The summed E-state index contributed by atoms with van der Waals surface area (Å²) in [4.78, 5) is 2.55. The van der Waals surface area contributed by atoms with Crippen molar-refractivity contribution in [2.75, 3.05) is 26.2 Å². The van der Waals surface area contributed by atoms with Gasteiger partial charge in [0.1, 0.15) is 0 Å². The average Bonchev–Trinajstić information content (AvgIpc) is 3.03. The topological polar surface area (TPSA) is 15.3 Å². The number of piperazine rings is 1. The number of hydrogen-bond acceptors (Lipinski definition) is 4. The molecule has 132 valence electrons. The molecule has 1 fully saturated rings. The molecule has 0 unspecified atom stereocenters. The van der Waals surface area contributed by atoms with Crippen LogP contribution in [0.5, 0.6) is 0 Å². The van der Waals surface area contributed by atoms with Gasteiger partial charge in [0.2, 0.25) is 0 Å². The highest BCUT2D eigenvalue weighted by molar-refractivity contribution is 8.00. The Balaban J connectivity index is 0.00000208. The minimum absolute atomic E-state index is 0. The fourth-order valence-corrected chi connectivity index (χ4v) is 4.25. The molecule has 0 radical (unpaired) electrons. The van der Waals surface area contributed by atoms with Crippen LogP contribution in [0.15, 0.2) is 46.0 Å². The Morgan fingerprint density at radius 3 is 2.46 bits per heavy atom. The highest BCUT2D eigenvalue weighted by atomic mass is 35.5. The van der Waals surface area contributed by atoms with E-state index in [1.807, 2.05) is 29.0 Å². The molecule has 1 N–H and O–H groups in total. The third-order valence-corrected chi connectivity index (χ3v) is 5.34. The minimum Gasteiger partial charge on any atom is -0.314 e. The van der Waals surface area contributed by atoms with Gasteiger partial charge in [-0.1, -0.05) is 18.2 Å². The van der Waals surface area contributed by atoms with Crippen molar-refractivity contribution in [2.24, 2.45) is 0 Å². The van der Waals surface area contributed by atoms with Crippen LogP contribution in [0.3, 0.4) is 0 Å². The van der Waals surface area contributed by atoms with Crippen LogP contribution >= 0.6 is 35.5 Å². The summed E-state index contributed by atoms with van der Waals surface area (Å²) in [7, 11) is 0. The molecule has 2 aromatic rings. The summed E-state index contributed by atoms with van der Waals surface area (Å²) in [6.07, 6.45) is 0. The van der Waals surface area contributed by atoms with E-state index in [-0.39, 0.29) is 35.1 Å². The summed E-state index contributed by atoms with van der Waals surface area (Å²) in [5.74, 6) is 0. The third-order valence-electron chi connectivity index (χ3n) is 3.81. The van der Waals surface area contributed by atoms with E-state index in [9.17, 15) is 13.2 Å². The first-order valence-electron chi connectivity index (χ1n) is 7.36. The molecule has 0 amide bonds. The number of thiophene rings is 1. The normalized spacial score (nSPS) is 17.3. The molecule has 3 rings (SSSR count). The van der Waals surface area contributed by atoms with E-state index in [1.54, 1.807) is 23.5 Å². The van der Waals surface area contributed by atoms with Crippen molar-refractivity contribution in [1.29, 1.82) is 0 Å². The molecule has 2 heterocycles. The van der Waals surface area contributed by atoms with Gasteiger partial charge in [-0.3, -0.25) is 4.90 Å². The molecular formula is C16H18ClF3N2S2. The molecule has 0 spiro atoms. The lowest BCUT2D eigenvalue weighted by Crippen LogP contribution is -2.45. The summed E-state index contributed by atoms with van der Waals surface area (Å²) in [5.41, 5.74) is -2.49. The maximum atomic E-state index is 12.9. The van der Waals surface area contributed by atoms with Gasteiger partial charge < -0.3 is 5.32 Å². The predicted molar refractivity (Wildman–Crippen MR) is 96.2 cm³/mol. The molecule has 8 heteroatoms. The van der Waals surface area contributed by atoms with Gasteiger partial charge >= 0.3 is 5.51 Å². The van der Waals surface area contributed by atoms with Crippen molar-refractivity contribution in [3.05, 3.63) is 52.2 Å². The van der Waals surface area contributed by atoms with Crippen molar-refractivity contribution in [1.82, 2.24) is 10.2 Å². The van der Waals surface area contributed by atoms with E-state index >= 15 is 0 Å². The Kier molecular flexibility index (Phi) is 7.00. The fraction of sp³-hybridized carbons (Fsp3) is 0.375. The zero-order valence-electron chi connectivity index (χ0n) is 12.8. The molecule has 1 aliphatic rings. The number of alkyl halides is 3. The average molecular weight is 395 g/mol. The summed E-state index contributed by atoms with van der Waals surface area (Å²) in [6, 6.07) is 8.74. The molecule has 0 saturated carbocycles. The first-order valence-corrected chi connectivity index (χ1v) is 9.12. The maximum Gasteiger partial charge on any atom is 0.446 e. The zero-order valence-corrected chi connectivity index (χ0v) is 15.2. The molecule has 0 aliphatic carbocycles. The lowest BCUT2D eigenvalue weighted by Gasteiger charge is -2.36. The van der Waals surface area contributed by atoms with Crippen LogP contribution in [0.2, 0.25) is 0 Å². The van der Waals surface area contributed by atoms with Gasteiger partial charge in [-0.2, -0.15) is 24.5 Å². The second-order valence-electron chi connectivity index (χ2n) is 5.33. The van der Waals surface area contributed by atoms with Gasteiger partial charge in [-0.15, -0.1) is 12.4 Å². The van der Waals surface area contributed by atoms with Crippen molar-refractivity contribution in [3.63, 3.8) is 0 Å². The molecule has 1 atom stereocenters. The Hall–Kier alpha value is -0.730. The SMILES string of the molecule is Cl.FC(F)(F)Sc1ccccc1[C@H](c1ccsc1)N1CCNCC1. The highest BCUT2D eigenvalue weighted by Crippen LogP contribution is 2.42. The predicted octanol–water partition coefficient (Wildman–Crippen LogP) is 4.78. The van der Waals surface area contributed by atoms with Gasteiger partial charge in [-0.05, 0) is 45.8 Å². The van der Waals surface area contributed by atoms with Gasteiger partial charge in [0, 0.05) is 31.1 Å². The Morgan fingerprint density at radius 2 is 1.83 bits per heavy atom. The molecule has 1 aromatic carbocycles. The van der Waals surface area contributed by atoms with Crippen molar-refractivity contribution < 1.29 is 13.2 Å². The van der Waals surface area contributed by atoms with E-state index in [1.165, 1.54) is 0 Å². The van der Waals surface area contributed by atoms with Crippen LogP contribution in [0.1, 0.15) is 17.2 Å². The Bertz CT molecular complexity index is 629. The van der Waals surface area contributed by atoms with Crippen LogP contribution < -0.4 is 5.32 Å². The lowest BCUT2D eigenvalue weighted by atomic mass is 9.99. The quantitative estimate of drug-likeness (QED) is 0.751. The number of nitrogens with one attached hydrogen (secondary N) is 1. The van der Waals surface area contributed by atoms with Gasteiger partial charge in [0.05, 0.1) is 6.04 Å². The van der Waals surface area contributed by atoms with Crippen molar-refractivity contribution in [3.8, 4) is 0 Å². The number of benzene rings is 1. The molecule has 2 nitrogen and oxygen atoms in total. The van der Waals surface area contributed by atoms with E-state index in [2.05, 4.69) is 10.2 Å². The summed E-state index contributed by atoms with van der Waals surface area (Å²) in [5, 5.41) is 7.30. The van der Waals surface area contributed by atoms with Crippen LogP contribution in [0, 0.1) is 0 Å². The Morgan fingerprint density at radius 1 is 1.12 bits per heavy atom. The van der Waals surface area contributed by atoms with Crippen LogP contribution in [-0.4, -0.2) is 36.6 Å². The summed E-state index contributed by atoms with van der Waals surface area (Å²) < 4.78 is 38.7. The molecule has 1 aromatic heterocycles. The van der Waals surface area contributed by atoms with Gasteiger partial charge in [-0.25, -0.2) is 0 Å². The van der Waals surface area contributed by atoms with Crippen molar-refractivity contribution in [2.45, 2.75) is 16.4 Å². The first kappa shape index (κ1) is 19.6. The van der Waals surface area contributed by atoms with Crippen molar-refractivity contribution >= 4 is 35.5 Å². The fourth-order valence-electron chi connectivity index (χ4n) is 2.88. The monoisotopic (exact) mass is 394 g/mol. The number of rotatable bonds is 4. The van der Waals surface area contributed by atoms with E-state index in [4.69, 9.17) is 0 Å². The van der Waals surface area contributed by atoms with E-state index in [0.717, 1.165) is 37.3 Å². The zero-order chi connectivity index (χ0) is 16.3. The minimum atomic E-state index is -4.28. The smallest absolute Gasteiger partial charge is 0.314 e. The van der Waals surface area contributed by atoms with E-state index in [0.29, 0.717) is 0 Å². The standard InChI is InChI=1S/C16H17F3N2S2.ClH/c17-16(18,19)23-14-4-2-1-3-13(14)15(12-5-10-22-11-12)21-8-6-20-7-9-21;/h1-5,10-11,15,20H,6-9H2;1H/t15-;/m0./s1. The molecular weight excluding hydrogens is 377 g/mol. The third kappa shape index (κ3) is 4.89. The van der Waals surface area contributed by atoms with Gasteiger partial charge in [0.25, 0.3) is 0 Å². The van der Waals surface area contributed by atoms with Crippen LogP contribution in [-0.2, 0) is 0 Å². The number of nitrogens with zero attached hydrogens (tertiary/aromatic N) is 1. The summed E-state index contributed by atoms with van der Waals surface area (Å²) >= 11 is 1.55. The second kappa shape index (κ2) is 8.58. The lowest BCUT2D eigenvalue weighted by molar-refractivity contribution is -0.0328. The number of thioether (sulfide) groups is 1. The number of hydrogen-bond donors (Lipinski definition) is 1. The second-order valence-corrected chi connectivity index (χ2v) is 7.22. The first-order chi connectivity index (χ1) is 11.0. The Labute approximate surface area is 153 Å².